The third-order valence-corrected chi connectivity index (χ3v) is 4.35. The molecule has 132 valence electrons. The Bertz CT molecular complexity index is 840. The Labute approximate surface area is 155 Å². The number of aryl methyl sites for hydroxylation is 2. The second-order valence-corrected chi connectivity index (χ2v) is 6.57. The molecule has 0 saturated heterocycles. The molecule has 0 unspecified atom stereocenters. The molecule has 0 aliphatic carbocycles. The van der Waals surface area contributed by atoms with Crippen molar-refractivity contribution >= 4 is 11.6 Å². The molecule has 0 aliphatic rings. The standard InChI is InChI=1S/C23H24N2O/c1-17-8-12-19(13-9-17)16-24-22(20-6-4-3-5-7-20)23(26)25-21-14-10-18(2)11-15-21/h3-15,22,24H,16H2,1-2H3,(H,25,26)/t22-/m0/s1. The first-order valence-electron chi connectivity index (χ1n) is 8.83. The average molecular weight is 344 g/mol. The summed E-state index contributed by atoms with van der Waals surface area (Å²) in [5, 5.41) is 6.40. The van der Waals surface area contributed by atoms with E-state index >= 15 is 0 Å². The molecule has 0 fully saturated rings. The summed E-state index contributed by atoms with van der Waals surface area (Å²) in [5.41, 5.74) is 5.30. The molecule has 0 saturated carbocycles. The molecule has 3 rings (SSSR count). The Balaban J connectivity index is 1.75. The summed E-state index contributed by atoms with van der Waals surface area (Å²) < 4.78 is 0. The average Bonchev–Trinajstić information content (AvgIpc) is 2.66. The largest absolute Gasteiger partial charge is 0.324 e. The lowest BCUT2D eigenvalue weighted by molar-refractivity contribution is -0.118. The van der Waals surface area contributed by atoms with Crippen molar-refractivity contribution in [1.82, 2.24) is 5.32 Å². The first-order valence-corrected chi connectivity index (χ1v) is 8.83. The molecule has 0 heterocycles. The van der Waals surface area contributed by atoms with Gasteiger partial charge in [0.05, 0.1) is 0 Å². The zero-order valence-electron chi connectivity index (χ0n) is 15.2. The number of hydrogen-bond acceptors (Lipinski definition) is 2. The quantitative estimate of drug-likeness (QED) is 0.676. The second-order valence-electron chi connectivity index (χ2n) is 6.57. The molecule has 1 atom stereocenters. The van der Waals surface area contributed by atoms with Crippen molar-refractivity contribution in [2.75, 3.05) is 5.32 Å². The van der Waals surface area contributed by atoms with E-state index in [-0.39, 0.29) is 5.91 Å². The van der Waals surface area contributed by atoms with Gasteiger partial charge in [0.2, 0.25) is 5.91 Å². The highest BCUT2D eigenvalue weighted by molar-refractivity contribution is 5.95. The molecule has 1 amide bonds. The molecular formula is C23H24N2O. The summed E-state index contributed by atoms with van der Waals surface area (Å²) >= 11 is 0. The second kappa shape index (κ2) is 8.45. The van der Waals surface area contributed by atoms with E-state index in [1.54, 1.807) is 0 Å². The van der Waals surface area contributed by atoms with Crippen LogP contribution in [-0.4, -0.2) is 5.91 Å². The molecule has 0 bridgehead atoms. The van der Waals surface area contributed by atoms with Crippen molar-refractivity contribution < 1.29 is 4.79 Å². The van der Waals surface area contributed by atoms with Gasteiger partial charge in [-0.05, 0) is 37.1 Å². The first kappa shape index (κ1) is 17.9. The van der Waals surface area contributed by atoms with Crippen LogP contribution in [0.15, 0.2) is 78.9 Å². The lowest BCUT2D eigenvalue weighted by Gasteiger charge is -2.19. The van der Waals surface area contributed by atoms with Crippen molar-refractivity contribution in [2.24, 2.45) is 0 Å². The van der Waals surface area contributed by atoms with Gasteiger partial charge in [-0.25, -0.2) is 0 Å². The van der Waals surface area contributed by atoms with E-state index in [0.29, 0.717) is 6.54 Å². The zero-order valence-corrected chi connectivity index (χ0v) is 15.2. The van der Waals surface area contributed by atoms with Gasteiger partial charge >= 0.3 is 0 Å². The predicted octanol–water partition coefficient (Wildman–Crippen LogP) is 4.77. The molecular weight excluding hydrogens is 320 g/mol. The molecule has 0 spiro atoms. The molecule has 3 nitrogen and oxygen atoms in total. The van der Waals surface area contributed by atoms with Crippen LogP contribution in [0.3, 0.4) is 0 Å². The van der Waals surface area contributed by atoms with Crippen LogP contribution in [0, 0.1) is 13.8 Å². The third-order valence-electron chi connectivity index (χ3n) is 4.35. The van der Waals surface area contributed by atoms with Crippen molar-refractivity contribution in [3.8, 4) is 0 Å². The highest BCUT2D eigenvalue weighted by Gasteiger charge is 2.20. The number of anilines is 1. The summed E-state index contributed by atoms with van der Waals surface area (Å²) in [5.74, 6) is -0.0628. The predicted molar refractivity (Wildman–Crippen MR) is 107 cm³/mol. The van der Waals surface area contributed by atoms with E-state index in [2.05, 4.69) is 41.8 Å². The Hall–Kier alpha value is -2.91. The minimum absolute atomic E-state index is 0.0628. The molecule has 0 aliphatic heterocycles. The molecule has 3 heteroatoms. The van der Waals surface area contributed by atoms with Crippen LogP contribution in [-0.2, 0) is 11.3 Å². The Morgan fingerprint density at radius 2 is 1.38 bits per heavy atom. The van der Waals surface area contributed by atoms with E-state index in [4.69, 9.17) is 0 Å². The number of carbonyl (C=O) groups excluding carboxylic acids is 1. The minimum Gasteiger partial charge on any atom is -0.324 e. The van der Waals surface area contributed by atoms with E-state index in [1.165, 1.54) is 11.1 Å². The van der Waals surface area contributed by atoms with E-state index in [1.807, 2.05) is 61.5 Å². The Morgan fingerprint density at radius 3 is 2.00 bits per heavy atom. The summed E-state index contributed by atoms with van der Waals surface area (Å²) in [6.07, 6.45) is 0. The number of benzene rings is 3. The van der Waals surface area contributed by atoms with Gasteiger partial charge in [0.15, 0.2) is 0 Å². The normalized spacial score (nSPS) is 11.8. The smallest absolute Gasteiger partial charge is 0.246 e. The molecule has 3 aromatic rings. The molecule has 2 N–H and O–H groups in total. The van der Waals surface area contributed by atoms with Crippen molar-refractivity contribution in [3.63, 3.8) is 0 Å². The van der Waals surface area contributed by atoms with Gasteiger partial charge < -0.3 is 5.32 Å². The summed E-state index contributed by atoms with van der Waals surface area (Å²) in [4.78, 5) is 12.9. The van der Waals surface area contributed by atoms with E-state index < -0.39 is 6.04 Å². The Morgan fingerprint density at radius 1 is 0.808 bits per heavy atom. The van der Waals surface area contributed by atoms with Gasteiger partial charge in [-0.2, -0.15) is 0 Å². The number of nitrogens with one attached hydrogen (secondary N) is 2. The molecule has 3 aromatic carbocycles. The fourth-order valence-corrected chi connectivity index (χ4v) is 2.78. The topological polar surface area (TPSA) is 41.1 Å². The van der Waals surface area contributed by atoms with Crippen LogP contribution in [0.25, 0.3) is 0 Å². The minimum atomic E-state index is -0.418. The fourth-order valence-electron chi connectivity index (χ4n) is 2.78. The van der Waals surface area contributed by atoms with Crippen LogP contribution in [0.4, 0.5) is 5.69 Å². The van der Waals surface area contributed by atoms with Crippen LogP contribution in [0.5, 0.6) is 0 Å². The maximum Gasteiger partial charge on any atom is 0.246 e. The summed E-state index contributed by atoms with van der Waals surface area (Å²) in [6.45, 7) is 4.72. The van der Waals surface area contributed by atoms with Crippen molar-refractivity contribution in [3.05, 3.63) is 101 Å². The van der Waals surface area contributed by atoms with Gasteiger partial charge in [0.1, 0.15) is 6.04 Å². The third kappa shape index (κ3) is 4.80. The highest BCUT2D eigenvalue weighted by Crippen LogP contribution is 2.17. The summed E-state index contributed by atoms with van der Waals surface area (Å²) in [7, 11) is 0. The van der Waals surface area contributed by atoms with Gasteiger partial charge in [0.25, 0.3) is 0 Å². The van der Waals surface area contributed by atoms with Gasteiger partial charge in [-0.15, -0.1) is 0 Å². The first-order chi connectivity index (χ1) is 12.6. The highest BCUT2D eigenvalue weighted by atomic mass is 16.2. The molecule has 0 radical (unpaired) electrons. The monoisotopic (exact) mass is 344 g/mol. The number of rotatable bonds is 6. The number of hydrogen-bond donors (Lipinski definition) is 2. The Kier molecular flexibility index (Phi) is 5.82. The van der Waals surface area contributed by atoms with Crippen LogP contribution in [0.2, 0.25) is 0 Å². The maximum atomic E-state index is 12.9. The van der Waals surface area contributed by atoms with Crippen molar-refractivity contribution in [1.29, 1.82) is 0 Å². The molecule has 0 aromatic heterocycles. The summed E-state index contributed by atoms with van der Waals surface area (Å²) in [6, 6.07) is 25.6. The van der Waals surface area contributed by atoms with Crippen molar-refractivity contribution in [2.45, 2.75) is 26.4 Å². The molecule has 26 heavy (non-hydrogen) atoms. The van der Waals surface area contributed by atoms with Crippen LogP contribution in [0.1, 0.15) is 28.3 Å². The SMILES string of the molecule is Cc1ccc(CN[C@H](C(=O)Nc2ccc(C)cc2)c2ccccc2)cc1. The van der Waals surface area contributed by atoms with Gasteiger partial charge in [-0.1, -0.05) is 77.9 Å². The van der Waals surface area contributed by atoms with Crippen LogP contribution >= 0.6 is 0 Å². The van der Waals surface area contributed by atoms with Gasteiger partial charge in [0, 0.05) is 12.2 Å². The van der Waals surface area contributed by atoms with E-state index in [9.17, 15) is 4.79 Å². The van der Waals surface area contributed by atoms with Gasteiger partial charge in [-0.3, -0.25) is 10.1 Å². The van der Waals surface area contributed by atoms with E-state index in [0.717, 1.165) is 16.8 Å². The fraction of sp³-hybridized carbons (Fsp3) is 0.174. The maximum absolute atomic E-state index is 12.9. The lowest BCUT2D eigenvalue weighted by Crippen LogP contribution is -2.32. The number of amides is 1. The lowest BCUT2D eigenvalue weighted by atomic mass is 10.0. The number of carbonyl (C=O) groups is 1. The van der Waals surface area contributed by atoms with Crippen LogP contribution < -0.4 is 10.6 Å². The zero-order chi connectivity index (χ0) is 18.4.